The summed E-state index contributed by atoms with van der Waals surface area (Å²) in [5.74, 6) is 3.48. The number of benzene rings is 4. The Bertz CT molecular complexity index is 1720. The van der Waals surface area contributed by atoms with Crippen molar-refractivity contribution in [3.05, 3.63) is 107 Å². The Kier molecular flexibility index (Phi) is 4.81. The number of aromatic nitrogens is 1. The van der Waals surface area contributed by atoms with Gasteiger partial charge in [0.05, 0.1) is 5.69 Å². The summed E-state index contributed by atoms with van der Waals surface area (Å²) in [6, 6.07) is 27.4. The third-order valence-corrected chi connectivity index (χ3v) is 7.67. The Morgan fingerprint density at radius 3 is 2.08 bits per heavy atom. The van der Waals surface area contributed by atoms with Gasteiger partial charge in [0.25, 0.3) is 6.71 Å². The largest absolute Gasteiger partial charge is 0.458 e. The molecule has 3 heterocycles. The van der Waals surface area contributed by atoms with Crippen molar-refractivity contribution in [2.75, 3.05) is 0 Å². The average Bonchev–Trinajstić information content (AvgIpc) is 2.88. The van der Waals surface area contributed by atoms with E-state index in [-0.39, 0.29) is 6.71 Å². The molecule has 0 unspecified atom stereocenters. The lowest BCUT2D eigenvalue weighted by atomic mass is 9.34. The first-order valence-electron chi connectivity index (χ1n) is 12.8. The molecule has 37 heavy (non-hydrogen) atoms. The number of pyridine rings is 1. The highest BCUT2D eigenvalue weighted by Crippen LogP contribution is 2.39. The number of aryl methyl sites for hydroxylation is 4. The molecule has 2 aliphatic heterocycles. The fourth-order valence-electron chi connectivity index (χ4n) is 6.17. The molecule has 0 radical (unpaired) electrons. The SMILES string of the molecule is Cc1cc(C)c(-c2cnc(-c3cccc4c3Oc3cccc5c3B4c3ccccc3O5)cc2C)c(C)c1. The minimum Gasteiger partial charge on any atom is -0.458 e. The van der Waals surface area contributed by atoms with Gasteiger partial charge in [-0.2, -0.15) is 0 Å². The molecule has 7 rings (SSSR count). The highest BCUT2D eigenvalue weighted by molar-refractivity contribution is 6.98. The first kappa shape index (κ1) is 21.9. The van der Waals surface area contributed by atoms with Gasteiger partial charge in [-0.3, -0.25) is 4.98 Å². The second-order valence-corrected chi connectivity index (χ2v) is 10.2. The summed E-state index contributed by atoms with van der Waals surface area (Å²) < 4.78 is 12.9. The summed E-state index contributed by atoms with van der Waals surface area (Å²) in [5.41, 5.74) is 12.8. The quantitative estimate of drug-likeness (QED) is 0.270. The predicted octanol–water partition coefficient (Wildman–Crippen LogP) is 6.38. The molecule has 0 amide bonds. The molecule has 3 nitrogen and oxygen atoms in total. The number of ether oxygens (including phenoxy) is 2. The van der Waals surface area contributed by atoms with E-state index in [0.717, 1.165) is 50.6 Å². The normalized spacial score (nSPS) is 12.7. The van der Waals surface area contributed by atoms with Crippen LogP contribution in [0.1, 0.15) is 22.3 Å². The molecule has 4 heteroatoms. The van der Waals surface area contributed by atoms with Crippen LogP contribution in [0, 0.1) is 27.7 Å². The highest BCUT2D eigenvalue weighted by Gasteiger charge is 2.40. The van der Waals surface area contributed by atoms with E-state index in [4.69, 9.17) is 14.5 Å². The zero-order valence-electron chi connectivity index (χ0n) is 21.4. The fraction of sp³-hybridized carbons (Fsp3) is 0.121. The number of para-hydroxylation sites is 2. The van der Waals surface area contributed by atoms with Crippen molar-refractivity contribution in [3.8, 4) is 45.4 Å². The molecule has 0 spiro atoms. The monoisotopic (exact) mass is 479 g/mol. The maximum Gasteiger partial charge on any atom is 0.260 e. The van der Waals surface area contributed by atoms with E-state index < -0.39 is 0 Å². The lowest BCUT2D eigenvalue weighted by molar-refractivity contribution is 0.465. The van der Waals surface area contributed by atoms with Gasteiger partial charge in [0.1, 0.15) is 23.0 Å². The van der Waals surface area contributed by atoms with E-state index in [9.17, 15) is 0 Å². The summed E-state index contributed by atoms with van der Waals surface area (Å²) in [6.07, 6.45) is 2.02. The number of hydrogen-bond acceptors (Lipinski definition) is 3. The van der Waals surface area contributed by atoms with Crippen molar-refractivity contribution in [1.29, 1.82) is 0 Å². The first-order chi connectivity index (χ1) is 18.0. The lowest BCUT2D eigenvalue weighted by Crippen LogP contribution is -2.57. The van der Waals surface area contributed by atoms with Crippen LogP contribution in [0.3, 0.4) is 0 Å². The van der Waals surface area contributed by atoms with Crippen LogP contribution in [0.2, 0.25) is 0 Å². The predicted molar refractivity (Wildman–Crippen MR) is 152 cm³/mol. The fourth-order valence-corrected chi connectivity index (χ4v) is 6.17. The molecule has 0 saturated carbocycles. The van der Waals surface area contributed by atoms with Gasteiger partial charge in [-0.1, -0.05) is 54.1 Å². The first-order valence-corrected chi connectivity index (χ1v) is 12.8. The molecule has 1 aromatic heterocycles. The van der Waals surface area contributed by atoms with Gasteiger partial charge in [-0.15, -0.1) is 0 Å². The molecular formula is C33H26BNO2. The molecule has 0 saturated heterocycles. The molecule has 4 aromatic carbocycles. The molecule has 178 valence electrons. The van der Waals surface area contributed by atoms with Crippen LogP contribution in [0.5, 0.6) is 23.0 Å². The summed E-state index contributed by atoms with van der Waals surface area (Å²) in [6.45, 7) is 8.74. The number of fused-ring (bicyclic) bond motifs is 4. The van der Waals surface area contributed by atoms with E-state index in [2.05, 4.69) is 76.2 Å². The van der Waals surface area contributed by atoms with E-state index in [1.807, 2.05) is 36.5 Å². The molecule has 0 bridgehead atoms. The van der Waals surface area contributed by atoms with E-state index in [1.54, 1.807) is 0 Å². The van der Waals surface area contributed by atoms with Crippen molar-refractivity contribution in [1.82, 2.24) is 4.98 Å². The van der Waals surface area contributed by atoms with Crippen LogP contribution in [-0.4, -0.2) is 11.7 Å². The van der Waals surface area contributed by atoms with Gasteiger partial charge in [-0.25, -0.2) is 0 Å². The maximum atomic E-state index is 6.61. The van der Waals surface area contributed by atoms with Crippen molar-refractivity contribution < 1.29 is 9.47 Å². The Hall–Kier alpha value is -4.31. The van der Waals surface area contributed by atoms with E-state index in [0.29, 0.717) is 0 Å². The van der Waals surface area contributed by atoms with Gasteiger partial charge < -0.3 is 9.47 Å². The number of hydrogen-bond donors (Lipinski definition) is 0. The molecule has 0 aliphatic carbocycles. The van der Waals surface area contributed by atoms with Gasteiger partial charge in [-0.05, 0) is 91.2 Å². The zero-order valence-corrected chi connectivity index (χ0v) is 21.4. The summed E-state index contributed by atoms with van der Waals surface area (Å²) in [5, 5.41) is 0. The standard InChI is InChI=1S/C33H26BNO2/c1-19-15-21(3)31(22(4)16-19)24-18-35-27(17-20(24)2)23-9-7-11-26-33(23)37-30-14-8-13-29-32(30)34(26)25-10-5-6-12-28(25)36-29/h5-18H,1-4H3. The van der Waals surface area contributed by atoms with Crippen LogP contribution in [0.25, 0.3) is 22.4 Å². The van der Waals surface area contributed by atoms with Gasteiger partial charge >= 0.3 is 0 Å². The van der Waals surface area contributed by atoms with Crippen molar-refractivity contribution in [2.24, 2.45) is 0 Å². The van der Waals surface area contributed by atoms with Crippen molar-refractivity contribution in [3.63, 3.8) is 0 Å². The van der Waals surface area contributed by atoms with Gasteiger partial charge in [0.2, 0.25) is 0 Å². The summed E-state index contributed by atoms with van der Waals surface area (Å²) in [7, 11) is 0. The topological polar surface area (TPSA) is 31.4 Å². The average molecular weight is 479 g/mol. The van der Waals surface area contributed by atoms with Crippen molar-refractivity contribution >= 4 is 23.1 Å². The minimum absolute atomic E-state index is 0.0538. The molecule has 0 fully saturated rings. The lowest BCUT2D eigenvalue weighted by Gasteiger charge is -2.33. The van der Waals surface area contributed by atoms with Crippen LogP contribution in [0.15, 0.2) is 85.1 Å². The van der Waals surface area contributed by atoms with Crippen molar-refractivity contribution in [2.45, 2.75) is 27.7 Å². The molecule has 0 atom stereocenters. The second-order valence-electron chi connectivity index (χ2n) is 10.2. The molecule has 2 aliphatic rings. The third kappa shape index (κ3) is 3.32. The number of rotatable bonds is 2. The summed E-state index contributed by atoms with van der Waals surface area (Å²) >= 11 is 0. The van der Waals surface area contributed by atoms with Crippen LogP contribution in [0.4, 0.5) is 0 Å². The van der Waals surface area contributed by atoms with Gasteiger partial charge in [0.15, 0.2) is 0 Å². The second kappa shape index (κ2) is 8.11. The molecule has 0 N–H and O–H groups in total. The van der Waals surface area contributed by atoms with E-state index in [1.165, 1.54) is 33.4 Å². The van der Waals surface area contributed by atoms with Crippen LogP contribution in [-0.2, 0) is 0 Å². The molecule has 5 aromatic rings. The minimum atomic E-state index is 0.0538. The highest BCUT2D eigenvalue weighted by atomic mass is 16.5. The van der Waals surface area contributed by atoms with Crippen LogP contribution < -0.4 is 25.9 Å². The Labute approximate surface area is 217 Å². The van der Waals surface area contributed by atoms with Gasteiger partial charge in [0, 0.05) is 22.8 Å². The zero-order chi connectivity index (χ0) is 25.3. The Balaban J connectivity index is 1.39. The Morgan fingerprint density at radius 2 is 1.30 bits per heavy atom. The third-order valence-electron chi connectivity index (χ3n) is 7.67. The maximum absolute atomic E-state index is 6.61. The summed E-state index contributed by atoms with van der Waals surface area (Å²) in [4.78, 5) is 4.98. The van der Waals surface area contributed by atoms with E-state index >= 15 is 0 Å². The Morgan fingerprint density at radius 1 is 0.622 bits per heavy atom. The number of nitrogens with zero attached hydrogens (tertiary/aromatic N) is 1. The smallest absolute Gasteiger partial charge is 0.260 e. The van der Waals surface area contributed by atoms with Crippen LogP contribution >= 0.6 is 0 Å². The molecular weight excluding hydrogens is 453 g/mol.